The van der Waals surface area contributed by atoms with Crippen molar-refractivity contribution in [1.82, 2.24) is 14.8 Å². The minimum Gasteiger partial charge on any atom is -0.478 e. The van der Waals surface area contributed by atoms with Gasteiger partial charge in [0.05, 0.1) is 22.8 Å². The van der Waals surface area contributed by atoms with Gasteiger partial charge in [0.2, 0.25) is 0 Å². The molecule has 0 aliphatic carbocycles. The molecular formula is C14H10FN3O2. The van der Waals surface area contributed by atoms with Gasteiger partial charge < -0.3 is 5.11 Å². The van der Waals surface area contributed by atoms with Gasteiger partial charge in [-0.05, 0) is 30.3 Å². The number of benzene rings is 1. The lowest BCUT2D eigenvalue weighted by atomic mass is 10.1. The molecule has 2 heterocycles. The summed E-state index contributed by atoms with van der Waals surface area (Å²) < 4.78 is 14.5. The number of aromatic carboxylic acids is 1. The third-order valence-electron chi connectivity index (χ3n) is 3.08. The molecule has 100 valence electrons. The minimum atomic E-state index is -1.05. The monoisotopic (exact) mass is 271 g/mol. The Morgan fingerprint density at radius 2 is 2.00 bits per heavy atom. The summed E-state index contributed by atoms with van der Waals surface area (Å²) in [6, 6.07) is 7.21. The number of hydrogen-bond acceptors (Lipinski definition) is 3. The third-order valence-corrected chi connectivity index (χ3v) is 3.08. The molecule has 0 saturated heterocycles. The Morgan fingerprint density at radius 3 is 2.65 bits per heavy atom. The van der Waals surface area contributed by atoms with E-state index in [1.54, 1.807) is 19.2 Å². The van der Waals surface area contributed by atoms with Gasteiger partial charge >= 0.3 is 5.97 Å². The van der Waals surface area contributed by atoms with Crippen LogP contribution >= 0.6 is 0 Å². The number of fused-ring (bicyclic) bond motifs is 1. The molecule has 6 heteroatoms. The molecule has 0 fully saturated rings. The Labute approximate surface area is 113 Å². The van der Waals surface area contributed by atoms with Crippen LogP contribution in [0.25, 0.3) is 22.3 Å². The molecule has 0 unspecified atom stereocenters. The zero-order valence-corrected chi connectivity index (χ0v) is 10.5. The largest absolute Gasteiger partial charge is 0.478 e. The topological polar surface area (TPSA) is 68.0 Å². The van der Waals surface area contributed by atoms with Crippen LogP contribution in [-0.4, -0.2) is 25.8 Å². The van der Waals surface area contributed by atoms with Crippen LogP contribution in [0.2, 0.25) is 0 Å². The van der Waals surface area contributed by atoms with Crippen LogP contribution < -0.4 is 0 Å². The summed E-state index contributed by atoms with van der Waals surface area (Å²) in [5.74, 6) is -1.40. The second-order valence-electron chi connectivity index (χ2n) is 4.37. The number of carboxylic acid groups (broad SMARTS) is 1. The van der Waals surface area contributed by atoms with E-state index in [0.717, 1.165) is 0 Å². The van der Waals surface area contributed by atoms with Gasteiger partial charge in [-0.15, -0.1) is 0 Å². The van der Waals surface area contributed by atoms with Crippen molar-refractivity contribution in [1.29, 1.82) is 0 Å². The van der Waals surface area contributed by atoms with E-state index in [0.29, 0.717) is 22.3 Å². The normalized spacial score (nSPS) is 10.9. The summed E-state index contributed by atoms with van der Waals surface area (Å²) in [6.07, 6.45) is 1.47. The highest BCUT2D eigenvalue weighted by atomic mass is 19.1. The van der Waals surface area contributed by atoms with Gasteiger partial charge in [-0.1, -0.05) is 0 Å². The maximum atomic E-state index is 12.9. The molecule has 0 amide bonds. The Balaban J connectivity index is 2.28. The second kappa shape index (κ2) is 4.41. The fourth-order valence-electron chi connectivity index (χ4n) is 2.06. The third kappa shape index (κ3) is 1.91. The van der Waals surface area contributed by atoms with Crippen LogP contribution in [0.5, 0.6) is 0 Å². The molecule has 0 aliphatic rings. The van der Waals surface area contributed by atoms with Crippen molar-refractivity contribution in [2.45, 2.75) is 0 Å². The van der Waals surface area contributed by atoms with Crippen molar-refractivity contribution < 1.29 is 14.3 Å². The lowest BCUT2D eigenvalue weighted by molar-refractivity contribution is 0.0699. The highest BCUT2D eigenvalue weighted by Crippen LogP contribution is 2.24. The lowest BCUT2D eigenvalue weighted by Crippen LogP contribution is -2.01. The molecular weight excluding hydrogens is 261 g/mol. The quantitative estimate of drug-likeness (QED) is 0.777. The van der Waals surface area contributed by atoms with Gasteiger partial charge in [0.25, 0.3) is 0 Å². The number of pyridine rings is 1. The van der Waals surface area contributed by atoms with E-state index in [1.807, 2.05) is 0 Å². The summed E-state index contributed by atoms with van der Waals surface area (Å²) in [4.78, 5) is 15.7. The van der Waals surface area contributed by atoms with E-state index in [2.05, 4.69) is 10.1 Å². The van der Waals surface area contributed by atoms with Crippen LogP contribution in [0.15, 0.2) is 36.5 Å². The number of aryl methyl sites for hydroxylation is 1. The van der Waals surface area contributed by atoms with E-state index in [-0.39, 0.29) is 11.4 Å². The molecule has 0 spiro atoms. The van der Waals surface area contributed by atoms with Crippen LogP contribution in [0.1, 0.15) is 10.4 Å². The molecule has 1 N–H and O–H groups in total. The maximum Gasteiger partial charge on any atom is 0.336 e. The molecule has 5 nitrogen and oxygen atoms in total. The van der Waals surface area contributed by atoms with Gasteiger partial charge in [-0.3, -0.25) is 4.68 Å². The average Bonchev–Trinajstić information content (AvgIpc) is 2.80. The van der Waals surface area contributed by atoms with Gasteiger partial charge in [0.1, 0.15) is 5.82 Å². The predicted octanol–water partition coefficient (Wildman–Crippen LogP) is 2.47. The first-order valence-electron chi connectivity index (χ1n) is 5.88. The van der Waals surface area contributed by atoms with Crippen molar-refractivity contribution in [3.63, 3.8) is 0 Å². The van der Waals surface area contributed by atoms with Gasteiger partial charge in [0.15, 0.2) is 5.65 Å². The Kier molecular flexibility index (Phi) is 2.71. The number of hydrogen-bond donors (Lipinski definition) is 1. The minimum absolute atomic E-state index is 0.127. The van der Waals surface area contributed by atoms with Crippen molar-refractivity contribution in [3.05, 3.63) is 47.9 Å². The zero-order chi connectivity index (χ0) is 14.3. The predicted molar refractivity (Wildman–Crippen MR) is 70.9 cm³/mol. The smallest absolute Gasteiger partial charge is 0.336 e. The van der Waals surface area contributed by atoms with Crippen molar-refractivity contribution in [2.75, 3.05) is 0 Å². The second-order valence-corrected chi connectivity index (χ2v) is 4.37. The molecule has 3 rings (SSSR count). The highest BCUT2D eigenvalue weighted by Gasteiger charge is 2.15. The first-order chi connectivity index (χ1) is 9.56. The van der Waals surface area contributed by atoms with Gasteiger partial charge in [-0.2, -0.15) is 5.10 Å². The van der Waals surface area contributed by atoms with Crippen molar-refractivity contribution in [2.24, 2.45) is 7.05 Å². The molecule has 0 radical (unpaired) electrons. The Morgan fingerprint density at radius 1 is 1.30 bits per heavy atom. The summed E-state index contributed by atoms with van der Waals surface area (Å²) >= 11 is 0. The summed E-state index contributed by atoms with van der Waals surface area (Å²) in [5.41, 5.74) is 1.72. The average molecular weight is 271 g/mol. The number of aromatic nitrogens is 3. The van der Waals surface area contributed by atoms with Gasteiger partial charge in [-0.25, -0.2) is 14.2 Å². The maximum absolute atomic E-state index is 12.9. The number of carbonyl (C=O) groups is 1. The molecule has 0 aliphatic heterocycles. The summed E-state index contributed by atoms with van der Waals surface area (Å²) in [5, 5.41) is 13.8. The molecule has 0 bridgehead atoms. The molecule has 1 aromatic carbocycles. The molecule has 2 aromatic heterocycles. The number of carboxylic acids is 1. The Bertz CT molecular complexity index is 809. The van der Waals surface area contributed by atoms with Crippen LogP contribution in [0.4, 0.5) is 4.39 Å². The van der Waals surface area contributed by atoms with E-state index >= 15 is 0 Å². The summed E-state index contributed by atoms with van der Waals surface area (Å²) in [6.45, 7) is 0. The fourth-order valence-corrected chi connectivity index (χ4v) is 2.06. The van der Waals surface area contributed by atoms with Crippen molar-refractivity contribution in [3.8, 4) is 11.3 Å². The Hall–Kier alpha value is -2.76. The van der Waals surface area contributed by atoms with E-state index in [1.165, 1.54) is 29.1 Å². The van der Waals surface area contributed by atoms with Crippen molar-refractivity contribution >= 4 is 17.0 Å². The van der Waals surface area contributed by atoms with Crippen LogP contribution in [0, 0.1) is 5.82 Å². The number of rotatable bonds is 2. The lowest BCUT2D eigenvalue weighted by Gasteiger charge is -2.05. The first kappa shape index (κ1) is 12.3. The number of halogens is 1. The van der Waals surface area contributed by atoms with Gasteiger partial charge in [0, 0.05) is 12.6 Å². The molecule has 20 heavy (non-hydrogen) atoms. The zero-order valence-electron chi connectivity index (χ0n) is 10.5. The first-order valence-corrected chi connectivity index (χ1v) is 5.88. The van der Waals surface area contributed by atoms with Crippen LogP contribution in [-0.2, 0) is 7.05 Å². The van der Waals surface area contributed by atoms with Crippen LogP contribution in [0.3, 0.4) is 0 Å². The van der Waals surface area contributed by atoms with E-state index in [9.17, 15) is 14.3 Å². The van der Waals surface area contributed by atoms with E-state index < -0.39 is 5.97 Å². The summed E-state index contributed by atoms with van der Waals surface area (Å²) in [7, 11) is 1.69. The molecule has 0 saturated carbocycles. The molecule has 3 aromatic rings. The standard InChI is InChI=1S/C14H10FN3O2/c1-18-13-11(7-16-18)10(14(19)20)6-12(17-13)8-2-4-9(15)5-3-8/h2-7H,1H3,(H,19,20). The highest BCUT2D eigenvalue weighted by molar-refractivity contribution is 6.02. The number of nitrogens with zero attached hydrogens (tertiary/aromatic N) is 3. The fraction of sp³-hybridized carbons (Fsp3) is 0.0714. The SMILES string of the molecule is Cn1ncc2c(C(=O)O)cc(-c3ccc(F)cc3)nc21. The van der Waals surface area contributed by atoms with E-state index in [4.69, 9.17) is 0 Å². The molecule has 0 atom stereocenters.